The summed E-state index contributed by atoms with van der Waals surface area (Å²) in [6.45, 7) is 2.75. The summed E-state index contributed by atoms with van der Waals surface area (Å²) in [5, 5.41) is 0. The Hall–Kier alpha value is -1.56. The minimum Gasteiger partial charge on any atom is -0.341 e. The Morgan fingerprint density at radius 2 is 2.00 bits per heavy atom. The zero-order chi connectivity index (χ0) is 14.7. The van der Waals surface area contributed by atoms with Crippen LogP contribution in [0.4, 0.5) is 0 Å². The van der Waals surface area contributed by atoms with Crippen LogP contribution in [0.1, 0.15) is 12.0 Å². The van der Waals surface area contributed by atoms with Crippen molar-refractivity contribution >= 4 is 23.6 Å². The van der Waals surface area contributed by atoms with Gasteiger partial charge >= 0.3 is 0 Å². The fourth-order valence-corrected chi connectivity index (χ4v) is 3.74. The second kappa shape index (κ2) is 6.47. The van der Waals surface area contributed by atoms with E-state index in [4.69, 9.17) is 0 Å². The maximum absolute atomic E-state index is 12.5. The number of amides is 2. The molecule has 2 aliphatic rings. The molecule has 0 spiro atoms. The molecule has 112 valence electrons. The number of rotatable bonds is 3. The molecule has 1 aromatic rings. The molecule has 3 rings (SSSR count). The van der Waals surface area contributed by atoms with Crippen LogP contribution in [0.15, 0.2) is 24.5 Å². The Morgan fingerprint density at radius 1 is 1.29 bits per heavy atom. The third-order valence-electron chi connectivity index (χ3n) is 4.01. The van der Waals surface area contributed by atoms with E-state index in [1.807, 2.05) is 28.8 Å². The largest absolute Gasteiger partial charge is 0.341 e. The van der Waals surface area contributed by atoms with E-state index in [1.54, 1.807) is 17.3 Å². The number of carbonyl (C=O) groups excluding carboxylic acids is 2. The highest BCUT2D eigenvalue weighted by Gasteiger charge is 2.36. The van der Waals surface area contributed by atoms with Gasteiger partial charge in [0.25, 0.3) is 0 Å². The molecule has 21 heavy (non-hydrogen) atoms. The summed E-state index contributed by atoms with van der Waals surface area (Å²) in [6.07, 6.45) is 3.81. The van der Waals surface area contributed by atoms with E-state index in [-0.39, 0.29) is 17.7 Å². The first kappa shape index (κ1) is 14.4. The number of hydrogen-bond donors (Lipinski definition) is 0. The zero-order valence-electron chi connectivity index (χ0n) is 11.9. The summed E-state index contributed by atoms with van der Waals surface area (Å²) in [4.78, 5) is 32.3. The van der Waals surface area contributed by atoms with Crippen molar-refractivity contribution in [1.82, 2.24) is 14.8 Å². The molecule has 2 aliphatic heterocycles. The Kier molecular flexibility index (Phi) is 4.43. The van der Waals surface area contributed by atoms with Gasteiger partial charge in [0.1, 0.15) is 0 Å². The van der Waals surface area contributed by atoms with E-state index in [0.717, 1.165) is 30.2 Å². The van der Waals surface area contributed by atoms with E-state index < -0.39 is 0 Å². The van der Waals surface area contributed by atoms with Crippen molar-refractivity contribution in [3.63, 3.8) is 0 Å². The molecule has 0 radical (unpaired) electrons. The Labute approximate surface area is 128 Å². The quantitative estimate of drug-likeness (QED) is 0.836. The first-order valence-corrected chi connectivity index (χ1v) is 8.43. The Bertz CT molecular complexity index is 517. The topological polar surface area (TPSA) is 53.5 Å². The van der Waals surface area contributed by atoms with E-state index in [9.17, 15) is 9.59 Å². The van der Waals surface area contributed by atoms with Crippen LogP contribution in [0.25, 0.3) is 0 Å². The number of nitrogens with zero attached hydrogens (tertiary/aromatic N) is 3. The van der Waals surface area contributed by atoms with Crippen LogP contribution in [-0.4, -0.2) is 57.7 Å². The highest BCUT2D eigenvalue weighted by molar-refractivity contribution is 7.99. The molecule has 0 bridgehead atoms. The number of aromatic nitrogens is 1. The molecule has 5 nitrogen and oxygen atoms in total. The Balaban J connectivity index is 1.60. The van der Waals surface area contributed by atoms with Crippen molar-refractivity contribution in [3.8, 4) is 0 Å². The Morgan fingerprint density at radius 3 is 2.71 bits per heavy atom. The summed E-state index contributed by atoms with van der Waals surface area (Å²) in [6, 6.07) is 3.81. The lowest BCUT2D eigenvalue weighted by Crippen LogP contribution is -2.42. The van der Waals surface area contributed by atoms with Gasteiger partial charge in [-0.2, -0.15) is 11.8 Å². The lowest BCUT2D eigenvalue weighted by atomic mass is 10.1. The smallest absolute Gasteiger partial charge is 0.228 e. The van der Waals surface area contributed by atoms with Crippen molar-refractivity contribution in [2.24, 2.45) is 5.92 Å². The van der Waals surface area contributed by atoms with E-state index in [0.29, 0.717) is 19.5 Å². The van der Waals surface area contributed by atoms with Crippen LogP contribution < -0.4 is 0 Å². The number of thioether (sulfide) groups is 1. The first-order valence-electron chi connectivity index (χ1n) is 7.27. The van der Waals surface area contributed by atoms with Gasteiger partial charge in [0.2, 0.25) is 11.8 Å². The number of carbonyl (C=O) groups is 2. The minimum atomic E-state index is -0.164. The molecule has 0 N–H and O–H groups in total. The molecule has 2 fully saturated rings. The normalized spacial score (nSPS) is 22.7. The summed E-state index contributed by atoms with van der Waals surface area (Å²) < 4.78 is 0. The van der Waals surface area contributed by atoms with Crippen LogP contribution >= 0.6 is 11.8 Å². The first-order chi connectivity index (χ1) is 10.2. The molecule has 0 aromatic carbocycles. The second-order valence-corrected chi connectivity index (χ2v) is 6.69. The molecule has 3 heterocycles. The van der Waals surface area contributed by atoms with Crippen LogP contribution in [-0.2, 0) is 16.1 Å². The van der Waals surface area contributed by atoms with Crippen LogP contribution in [0, 0.1) is 5.92 Å². The second-order valence-electron chi connectivity index (χ2n) is 5.47. The third kappa shape index (κ3) is 3.37. The summed E-state index contributed by atoms with van der Waals surface area (Å²) >= 11 is 1.88. The zero-order valence-corrected chi connectivity index (χ0v) is 12.7. The van der Waals surface area contributed by atoms with Crippen LogP contribution in [0.3, 0.4) is 0 Å². The highest BCUT2D eigenvalue weighted by Crippen LogP contribution is 2.23. The van der Waals surface area contributed by atoms with Gasteiger partial charge in [-0.05, 0) is 17.7 Å². The van der Waals surface area contributed by atoms with Gasteiger partial charge in [0.05, 0.1) is 5.92 Å². The van der Waals surface area contributed by atoms with Crippen molar-refractivity contribution in [2.75, 3.05) is 31.1 Å². The van der Waals surface area contributed by atoms with E-state index in [2.05, 4.69) is 4.98 Å². The SMILES string of the molecule is O=C1C[C@@H](C(=O)N2CCSCC2)CN1Cc1ccncc1. The van der Waals surface area contributed by atoms with Gasteiger partial charge in [-0.3, -0.25) is 14.6 Å². The maximum atomic E-state index is 12.5. The number of likely N-dealkylation sites (tertiary alicyclic amines) is 1. The average Bonchev–Trinajstić information content (AvgIpc) is 2.89. The van der Waals surface area contributed by atoms with Gasteiger partial charge in [0, 0.05) is 56.5 Å². The molecular formula is C15H19N3O2S. The summed E-state index contributed by atoms with van der Waals surface area (Å²) in [7, 11) is 0. The van der Waals surface area contributed by atoms with Gasteiger partial charge in [-0.15, -0.1) is 0 Å². The number of pyridine rings is 1. The average molecular weight is 305 g/mol. The predicted molar refractivity (Wildman–Crippen MR) is 81.7 cm³/mol. The van der Waals surface area contributed by atoms with Crippen LogP contribution in [0.2, 0.25) is 0 Å². The molecule has 2 amide bonds. The van der Waals surface area contributed by atoms with Crippen molar-refractivity contribution in [2.45, 2.75) is 13.0 Å². The molecule has 6 heteroatoms. The van der Waals surface area contributed by atoms with Gasteiger partial charge in [-0.25, -0.2) is 0 Å². The lowest BCUT2D eigenvalue weighted by Gasteiger charge is -2.28. The summed E-state index contributed by atoms with van der Waals surface area (Å²) in [5.41, 5.74) is 1.06. The molecule has 0 saturated carbocycles. The lowest BCUT2D eigenvalue weighted by molar-refractivity contribution is -0.135. The van der Waals surface area contributed by atoms with E-state index in [1.165, 1.54) is 0 Å². The molecular weight excluding hydrogens is 286 g/mol. The fraction of sp³-hybridized carbons (Fsp3) is 0.533. The predicted octanol–water partition coefficient (Wildman–Crippen LogP) is 1.01. The standard InChI is InChI=1S/C15H19N3O2S/c19-14-9-13(15(20)17-5-7-21-8-6-17)11-18(14)10-12-1-3-16-4-2-12/h1-4,13H,5-11H2/t13-/m1/s1. The molecule has 0 unspecified atom stereocenters. The van der Waals surface area contributed by atoms with Crippen LogP contribution in [0.5, 0.6) is 0 Å². The van der Waals surface area contributed by atoms with Gasteiger partial charge < -0.3 is 9.80 Å². The third-order valence-corrected chi connectivity index (χ3v) is 4.95. The van der Waals surface area contributed by atoms with Crippen molar-refractivity contribution < 1.29 is 9.59 Å². The van der Waals surface area contributed by atoms with Crippen molar-refractivity contribution in [1.29, 1.82) is 0 Å². The fourth-order valence-electron chi connectivity index (χ4n) is 2.84. The molecule has 1 atom stereocenters. The molecule has 2 saturated heterocycles. The minimum absolute atomic E-state index is 0.0801. The van der Waals surface area contributed by atoms with Crippen molar-refractivity contribution in [3.05, 3.63) is 30.1 Å². The number of hydrogen-bond acceptors (Lipinski definition) is 4. The maximum Gasteiger partial charge on any atom is 0.228 e. The van der Waals surface area contributed by atoms with Gasteiger partial charge in [-0.1, -0.05) is 0 Å². The monoisotopic (exact) mass is 305 g/mol. The summed E-state index contributed by atoms with van der Waals surface area (Å²) in [5.74, 6) is 2.08. The molecule has 1 aromatic heterocycles. The molecule has 0 aliphatic carbocycles. The van der Waals surface area contributed by atoms with E-state index >= 15 is 0 Å². The van der Waals surface area contributed by atoms with Gasteiger partial charge in [0.15, 0.2) is 0 Å². The highest BCUT2D eigenvalue weighted by atomic mass is 32.2.